The van der Waals surface area contributed by atoms with Crippen molar-refractivity contribution in [1.82, 2.24) is 0 Å². The zero-order valence-corrected chi connectivity index (χ0v) is 7.37. The van der Waals surface area contributed by atoms with Gasteiger partial charge in [-0.3, -0.25) is 0 Å². The molecular formula is C11H9NO. The Morgan fingerprint density at radius 3 is 2.54 bits per heavy atom. The van der Waals surface area contributed by atoms with E-state index >= 15 is 0 Å². The van der Waals surface area contributed by atoms with E-state index in [0.717, 1.165) is 5.75 Å². The summed E-state index contributed by atoms with van der Waals surface area (Å²) in [6.07, 6.45) is 0. The summed E-state index contributed by atoms with van der Waals surface area (Å²) in [4.78, 5) is 0. The summed E-state index contributed by atoms with van der Waals surface area (Å²) in [5.41, 5.74) is 0.633. The average molecular weight is 171 g/mol. The van der Waals surface area contributed by atoms with Crippen LogP contribution in [0.25, 0.3) is 0 Å². The zero-order chi connectivity index (χ0) is 9.52. The number of hydrogen-bond acceptors (Lipinski definition) is 2. The van der Waals surface area contributed by atoms with Gasteiger partial charge in [0.05, 0.1) is 11.6 Å². The van der Waals surface area contributed by atoms with Crippen LogP contribution in [0.3, 0.4) is 0 Å². The predicted molar refractivity (Wildman–Crippen MR) is 50.1 cm³/mol. The van der Waals surface area contributed by atoms with Gasteiger partial charge in [-0.05, 0) is 31.2 Å². The van der Waals surface area contributed by atoms with Crippen molar-refractivity contribution in [2.24, 2.45) is 0 Å². The van der Waals surface area contributed by atoms with Gasteiger partial charge in [-0.2, -0.15) is 5.26 Å². The van der Waals surface area contributed by atoms with Crippen LogP contribution in [0.15, 0.2) is 24.3 Å². The summed E-state index contributed by atoms with van der Waals surface area (Å²) in [7, 11) is 0. The van der Waals surface area contributed by atoms with Crippen LogP contribution in [0.5, 0.6) is 5.75 Å². The Morgan fingerprint density at radius 1 is 1.31 bits per heavy atom. The van der Waals surface area contributed by atoms with Gasteiger partial charge in [0.25, 0.3) is 0 Å². The largest absolute Gasteiger partial charge is 0.481 e. The van der Waals surface area contributed by atoms with E-state index in [9.17, 15) is 0 Å². The van der Waals surface area contributed by atoms with Crippen molar-refractivity contribution in [1.29, 1.82) is 5.26 Å². The Morgan fingerprint density at radius 2 is 2.00 bits per heavy atom. The fourth-order valence-corrected chi connectivity index (χ4v) is 0.817. The number of rotatable bonds is 2. The molecule has 64 valence electrons. The molecule has 1 aromatic carbocycles. The third-order valence-corrected chi connectivity index (χ3v) is 1.47. The third-order valence-electron chi connectivity index (χ3n) is 1.47. The van der Waals surface area contributed by atoms with E-state index in [-0.39, 0.29) is 0 Å². The van der Waals surface area contributed by atoms with Gasteiger partial charge in [0, 0.05) is 0 Å². The molecule has 0 unspecified atom stereocenters. The van der Waals surface area contributed by atoms with E-state index in [1.807, 2.05) is 6.07 Å². The minimum atomic E-state index is 0.391. The maximum atomic E-state index is 8.53. The standard InChI is InChI=1S/C11H9NO/c1-2-3-8-13-11-6-4-10(9-12)5-7-11/h4-7H,8H2,1H3. The molecule has 0 aliphatic rings. The van der Waals surface area contributed by atoms with E-state index < -0.39 is 0 Å². The summed E-state index contributed by atoms with van der Waals surface area (Å²) in [6, 6.07) is 8.99. The molecule has 0 aliphatic heterocycles. The molecule has 0 aromatic heterocycles. The van der Waals surface area contributed by atoms with Crippen LogP contribution in [0.4, 0.5) is 0 Å². The molecule has 0 N–H and O–H groups in total. The first-order chi connectivity index (χ1) is 6.36. The van der Waals surface area contributed by atoms with Crippen molar-refractivity contribution in [3.63, 3.8) is 0 Å². The Hall–Kier alpha value is -1.93. The first-order valence-corrected chi connectivity index (χ1v) is 3.89. The Balaban J connectivity index is 2.58. The Kier molecular flexibility index (Phi) is 3.42. The molecule has 0 saturated carbocycles. The van der Waals surface area contributed by atoms with Crippen LogP contribution in [0, 0.1) is 23.2 Å². The van der Waals surface area contributed by atoms with Gasteiger partial charge in [0.2, 0.25) is 0 Å². The van der Waals surface area contributed by atoms with Crippen molar-refractivity contribution < 1.29 is 4.74 Å². The molecule has 0 fully saturated rings. The third kappa shape index (κ3) is 2.89. The average Bonchev–Trinajstić information content (AvgIpc) is 2.19. The minimum Gasteiger partial charge on any atom is -0.481 e. The second-order valence-corrected chi connectivity index (χ2v) is 2.35. The van der Waals surface area contributed by atoms with Crippen LogP contribution in [-0.4, -0.2) is 6.61 Å². The summed E-state index contributed by atoms with van der Waals surface area (Å²) in [5.74, 6) is 6.26. The molecule has 0 amide bonds. The summed E-state index contributed by atoms with van der Waals surface area (Å²) in [6.45, 7) is 2.16. The molecule has 2 heteroatoms. The molecule has 0 bridgehead atoms. The molecule has 13 heavy (non-hydrogen) atoms. The first kappa shape index (κ1) is 9.16. The molecule has 1 aromatic rings. The second-order valence-electron chi connectivity index (χ2n) is 2.35. The van der Waals surface area contributed by atoms with Gasteiger partial charge in [0.1, 0.15) is 12.4 Å². The lowest BCUT2D eigenvalue weighted by Crippen LogP contribution is -1.93. The molecule has 1 rings (SSSR count). The smallest absolute Gasteiger partial charge is 0.149 e. The topological polar surface area (TPSA) is 33.0 Å². The van der Waals surface area contributed by atoms with Crippen LogP contribution in [0.2, 0.25) is 0 Å². The predicted octanol–water partition coefficient (Wildman–Crippen LogP) is 1.96. The van der Waals surface area contributed by atoms with Gasteiger partial charge in [-0.1, -0.05) is 5.92 Å². The van der Waals surface area contributed by atoms with Gasteiger partial charge in [0.15, 0.2) is 0 Å². The van der Waals surface area contributed by atoms with Crippen molar-refractivity contribution >= 4 is 0 Å². The van der Waals surface area contributed by atoms with Gasteiger partial charge in [-0.25, -0.2) is 0 Å². The van der Waals surface area contributed by atoms with E-state index in [0.29, 0.717) is 12.2 Å². The molecule has 0 saturated heterocycles. The lowest BCUT2D eigenvalue weighted by molar-refractivity contribution is 0.370. The highest BCUT2D eigenvalue weighted by atomic mass is 16.5. The van der Waals surface area contributed by atoms with Crippen LogP contribution in [0.1, 0.15) is 12.5 Å². The molecule has 0 atom stereocenters. The van der Waals surface area contributed by atoms with Gasteiger partial charge in [-0.15, -0.1) is 5.92 Å². The first-order valence-electron chi connectivity index (χ1n) is 3.89. The second kappa shape index (κ2) is 4.85. The number of hydrogen-bond donors (Lipinski definition) is 0. The number of ether oxygens (including phenoxy) is 1. The van der Waals surface area contributed by atoms with Gasteiger partial charge < -0.3 is 4.74 Å². The fraction of sp³-hybridized carbons (Fsp3) is 0.182. The lowest BCUT2D eigenvalue weighted by Gasteiger charge is -2.00. The van der Waals surface area contributed by atoms with Crippen LogP contribution in [-0.2, 0) is 0 Å². The van der Waals surface area contributed by atoms with Crippen molar-refractivity contribution in [2.75, 3.05) is 6.61 Å². The SMILES string of the molecule is CC#CCOc1ccc(C#N)cc1. The highest BCUT2D eigenvalue weighted by molar-refractivity contribution is 5.34. The van der Waals surface area contributed by atoms with E-state index in [4.69, 9.17) is 10.00 Å². The molecule has 0 aliphatic carbocycles. The van der Waals surface area contributed by atoms with Gasteiger partial charge >= 0.3 is 0 Å². The minimum absolute atomic E-state index is 0.391. The fourth-order valence-electron chi connectivity index (χ4n) is 0.817. The Labute approximate surface area is 77.8 Å². The van der Waals surface area contributed by atoms with Crippen molar-refractivity contribution in [3.05, 3.63) is 29.8 Å². The molecule has 0 radical (unpaired) electrons. The highest BCUT2D eigenvalue weighted by Crippen LogP contribution is 2.10. The van der Waals surface area contributed by atoms with Crippen molar-refractivity contribution in [3.8, 4) is 23.7 Å². The van der Waals surface area contributed by atoms with E-state index in [1.54, 1.807) is 31.2 Å². The Bertz CT molecular complexity index is 362. The quantitative estimate of drug-likeness (QED) is 0.637. The summed E-state index contributed by atoms with van der Waals surface area (Å²) in [5, 5.41) is 8.53. The zero-order valence-electron chi connectivity index (χ0n) is 7.37. The van der Waals surface area contributed by atoms with Crippen molar-refractivity contribution in [2.45, 2.75) is 6.92 Å². The number of nitriles is 1. The van der Waals surface area contributed by atoms with Crippen LogP contribution >= 0.6 is 0 Å². The maximum absolute atomic E-state index is 8.53. The monoisotopic (exact) mass is 171 g/mol. The number of nitrogens with zero attached hydrogens (tertiary/aromatic N) is 1. The van der Waals surface area contributed by atoms with E-state index in [1.165, 1.54) is 0 Å². The molecule has 0 heterocycles. The summed E-state index contributed by atoms with van der Waals surface area (Å²) >= 11 is 0. The van der Waals surface area contributed by atoms with Crippen LogP contribution < -0.4 is 4.74 Å². The maximum Gasteiger partial charge on any atom is 0.149 e. The summed E-state index contributed by atoms with van der Waals surface area (Å²) < 4.78 is 5.26. The normalized spacial score (nSPS) is 8.00. The highest BCUT2D eigenvalue weighted by Gasteiger charge is 1.91. The van der Waals surface area contributed by atoms with E-state index in [2.05, 4.69) is 11.8 Å². The number of benzene rings is 1. The molecule has 2 nitrogen and oxygen atoms in total. The molecule has 0 spiro atoms. The lowest BCUT2D eigenvalue weighted by atomic mass is 10.2. The molecular weight excluding hydrogens is 162 g/mol.